The molecule has 0 saturated heterocycles. The van der Waals surface area contributed by atoms with Gasteiger partial charge in [-0.3, -0.25) is 0 Å². The van der Waals surface area contributed by atoms with Gasteiger partial charge in [0.05, 0.1) is 4.47 Å². The highest BCUT2D eigenvalue weighted by molar-refractivity contribution is 9.10. The number of anilines is 1. The van der Waals surface area contributed by atoms with Crippen molar-refractivity contribution in [1.29, 1.82) is 0 Å². The van der Waals surface area contributed by atoms with Gasteiger partial charge < -0.3 is 4.90 Å². The zero-order valence-corrected chi connectivity index (χ0v) is 11.0. The fourth-order valence-electron chi connectivity index (χ4n) is 2.23. The average Bonchev–Trinajstić information content (AvgIpc) is 2.14. The SMILES string of the molecule is CN(c1ncncc1Br)C1CC(C)(C)C1. The largest absolute Gasteiger partial charge is 0.356 e. The van der Waals surface area contributed by atoms with E-state index in [9.17, 15) is 0 Å². The Balaban J connectivity index is 2.10. The van der Waals surface area contributed by atoms with Crippen LogP contribution in [0.2, 0.25) is 0 Å². The Hall–Kier alpha value is -0.640. The molecule has 0 bridgehead atoms. The second-order valence-electron chi connectivity index (χ2n) is 5.03. The van der Waals surface area contributed by atoms with Crippen molar-refractivity contribution in [1.82, 2.24) is 9.97 Å². The van der Waals surface area contributed by atoms with Gasteiger partial charge in [0.25, 0.3) is 0 Å². The van der Waals surface area contributed by atoms with E-state index >= 15 is 0 Å². The van der Waals surface area contributed by atoms with E-state index in [1.807, 2.05) is 0 Å². The number of halogens is 1. The first-order valence-corrected chi connectivity index (χ1v) is 5.97. The maximum atomic E-state index is 4.30. The Morgan fingerprint density at radius 2 is 2.13 bits per heavy atom. The van der Waals surface area contributed by atoms with Crippen molar-refractivity contribution in [3.63, 3.8) is 0 Å². The molecule has 3 nitrogen and oxygen atoms in total. The van der Waals surface area contributed by atoms with Crippen LogP contribution in [-0.4, -0.2) is 23.1 Å². The molecule has 1 aliphatic rings. The summed E-state index contributed by atoms with van der Waals surface area (Å²) in [6, 6.07) is 0.617. The highest BCUT2D eigenvalue weighted by atomic mass is 79.9. The number of hydrogen-bond donors (Lipinski definition) is 0. The van der Waals surface area contributed by atoms with Crippen molar-refractivity contribution in [2.24, 2.45) is 5.41 Å². The fraction of sp³-hybridized carbons (Fsp3) is 0.636. The monoisotopic (exact) mass is 269 g/mol. The number of rotatable bonds is 2. The molecule has 0 radical (unpaired) electrons. The van der Waals surface area contributed by atoms with Crippen LogP contribution >= 0.6 is 15.9 Å². The first-order chi connectivity index (χ1) is 6.99. The van der Waals surface area contributed by atoms with E-state index < -0.39 is 0 Å². The van der Waals surface area contributed by atoms with Gasteiger partial charge in [-0.2, -0.15) is 0 Å². The zero-order valence-electron chi connectivity index (χ0n) is 9.37. The number of hydrogen-bond acceptors (Lipinski definition) is 3. The predicted octanol–water partition coefficient (Wildman–Crippen LogP) is 2.86. The lowest BCUT2D eigenvalue weighted by Crippen LogP contribution is -2.47. The van der Waals surface area contributed by atoms with Crippen molar-refractivity contribution >= 4 is 21.7 Å². The Kier molecular flexibility index (Phi) is 2.71. The molecule has 1 aliphatic carbocycles. The van der Waals surface area contributed by atoms with Crippen molar-refractivity contribution in [3.05, 3.63) is 17.0 Å². The van der Waals surface area contributed by atoms with E-state index in [0.717, 1.165) is 10.3 Å². The third-order valence-electron chi connectivity index (χ3n) is 3.11. The summed E-state index contributed by atoms with van der Waals surface area (Å²) in [6.45, 7) is 4.62. The molecule has 0 unspecified atom stereocenters. The summed E-state index contributed by atoms with van der Waals surface area (Å²) < 4.78 is 0.970. The number of nitrogens with zero attached hydrogens (tertiary/aromatic N) is 3. The minimum atomic E-state index is 0.498. The van der Waals surface area contributed by atoms with Crippen molar-refractivity contribution < 1.29 is 0 Å². The molecule has 0 aromatic carbocycles. The summed E-state index contributed by atoms with van der Waals surface area (Å²) in [5, 5.41) is 0. The molecule has 82 valence electrons. The first kappa shape index (κ1) is 10.9. The van der Waals surface area contributed by atoms with Crippen LogP contribution in [0.15, 0.2) is 17.0 Å². The lowest BCUT2D eigenvalue weighted by atomic mass is 9.68. The molecule has 1 saturated carbocycles. The van der Waals surface area contributed by atoms with E-state index in [0.29, 0.717) is 11.5 Å². The van der Waals surface area contributed by atoms with Crippen molar-refractivity contribution in [2.75, 3.05) is 11.9 Å². The molecule has 1 heterocycles. The highest BCUT2D eigenvalue weighted by Crippen LogP contribution is 2.43. The minimum absolute atomic E-state index is 0.498. The quantitative estimate of drug-likeness (QED) is 0.827. The van der Waals surface area contributed by atoms with Gasteiger partial charge in [-0.25, -0.2) is 9.97 Å². The van der Waals surface area contributed by atoms with Gasteiger partial charge in [0.2, 0.25) is 0 Å². The van der Waals surface area contributed by atoms with Crippen LogP contribution in [0.5, 0.6) is 0 Å². The van der Waals surface area contributed by atoms with Gasteiger partial charge in [0, 0.05) is 19.3 Å². The normalized spacial score (nSPS) is 19.7. The average molecular weight is 270 g/mol. The Labute approximate surface area is 99.0 Å². The molecular weight excluding hydrogens is 254 g/mol. The maximum absolute atomic E-state index is 4.30. The van der Waals surface area contributed by atoms with Crippen LogP contribution in [0.4, 0.5) is 5.82 Å². The molecule has 0 N–H and O–H groups in total. The Bertz CT molecular complexity index is 357. The van der Waals surface area contributed by atoms with E-state index in [1.54, 1.807) is 12.5 Å². The third kappa shape index (κ3) is 2.14. The van der Waals surface area contributed by atoms with Gasteiger partial charge in [0.1, 0.15) is 12.1 Å². The molecule has 0 spiro atoms. The molecule has 0 atom stereocenters. The lowest BCUT2D eigenvalue weighted by Gasteiger charge is -2.47. The summed E-state index contributed by atoms with van der Waals surface area (Å²) in [5.41, 5.74) is 0.498. The predicted molar refractivity (Wildman–Crippen MR) is 64.9 cm³/mol. The molecule has 0 amide bonds. The lowest BCUT2D eigenvalue weighted by molar-refractivity contribution is 0.150. The van der Waals surface area contributed by atoms with Crippen LogP contribution in [0.25, 0.3) is 0 Å². The topological polar surface area (TPSA) is 29.0 Å². The van der Waals surface area contributed by atoms with Crippen LogP contribution in [0.1, 0.15) is 26.7 Å². The number of aromatic nitrogens is 2. The van der Waals surface area contributed by atoms with Gasteiger partial charge in [-0.05, 0) is 34.2 Å². The van der Waals surface area contributed by atoms with E-state index in [1.165, 1.54) is 12.8 Å². The smallest absolute Gasteiger partial charge is 0.146 e. The fourth-order valence-corrected chi connectivity index (χ4v) is 2.73. The second kappa shape index (κ2) is 3.74. The van der Waals surface area contributed by atoms with E-state index in [4.69, 9.17) is 0 Å². The van der Waals surface area contributed by atoms with Crippen LogP contribution in [0.3, 0.4) is 0 Å². The van der Waals surface area contributed by atoms with Crippen LogP contribution in [-0.2, 0) is 0 Å². The summed E-state index contributed by atoms with van der Waals surface area (Å²) in [4.78, 5) is 10.5. The maximum Gasteiger partial charge on any atom is 0.146 e. The van der Waals surface area contributed by atoms with Gasteiger partial charge in [0.15, 0.2) is 0 Å². The van der Waals surface area contributed by atoms with E-state index in [-0.39, 0.29) is 0 Å². The van der Waals surface area contributed by atoms with Crippen LogP contribution in [0, 0.1) is 5.41 Å². The Morgan fingerprint density at radius 1 is 1.47 bits per heavy atom. The summed E-state index contributed by atoms with van der Waals surface area (Å²) in [5.74, 6) is 0.991. The van der Waals surface area contributed by atoms with E-state index in [2.05, 4.69) is 51.7 Å². The molecule has 1 aromatic heterocycles. The molecule has 0 aliphatic heterocycles. The van der Waals surface area contributed by atoms with Crippen molar-refractivity contribution in [3.8, 4) is 0 Å². The molecule has 1 fully saturated rings. The Morgan fingerprint density at radius 3 is 2.67 bits per heavy atom. The molecule has 1 aromatic rings. The van der Waals surface area contributed by atoms with Gasteiger partial charge in [-0.15, -0.1) is 0 Å². The highest BCUT2D eigenvalue weighted by Gasteiger charge is 2.39. The summed E-state index contributed by atoms with van der Waals surface area (Å²) in [7, 11) is 2.10. The van der Waals surface area contributed by atoms with Gasteiger partial charge >= 0.3 is 0 Å². The molecule has 15 heavy (non-hydrogen) atoms. The summed E-state index contributed by atoms with van der Waals surface area (Å²) >= 11 is 3.48. The minimum Gasteiger partial charge on any atom is -0.356 e. The van der Waals surface area contributed by atoms with Gasteiger partial charge in [-0.1, -0.05) is 13.8 Å². The molecule has 2 rings (SSSR count). The summed E-state index contributed by atoms with van der Waals surface area (Å²) in [6.07, 6.45) is 5.86. The zero-order chi connectivity index (χ0) is 11.1. The first-order valence-electron chi connectivity index (χ1n) is 5.18. The van der Waals surface area contributed by atoms with Crippen LogP contribution < -0.4 is 4.90 Å². The second-order valence-corrected chi connectivity index (χ2v) is 5.89. The molecular formula is C11H16BrN3. The standard InChI is InChI=1S/C11H16BrN3/c1-11(2)4-8(5-11)15(3)10-9(12)6-13-7-14-10/h6-8H,4-5H2,1-3H3. The van der Waals surface area contributed by atoms with Crippen molar-refractivity contribution in [2.45, 2.75) is 32.7 Å². The molecule has 4 heteroatoms. The third-order valence-corrected chi connectivity index (χ3v) is 3.67.